The van der Waals surface area contributed by atoms with Crippen LogP contribution in [0, 0.1) is 17.5 Å². The summed E-state index contributed by atoms with van der Waals surface area (Å²) in [5.74, 6) is -7.68. The van der Waals surface area contributed by atoms with Gasteiger partial charge in [0.25, 0.3) is 5.91 Å². The molecule has 0 heterocycles. The predicted octanol–water partition coefficient (Wildman–Crippen LogP) is 2.65. The summed E-state index contributed by atoms with van der Waals surface area (Å²) >= 11 is 5.53. The van der Waals surface area contributed by atoms with Crippen LogP contribution in [0.3, 0.4) is 0 Å². The first-order valence-electron chi connectivity index (χ1n) is 6.35. The molecule has 3 amide bonds. The first-order valence-corrected chi connectivity index (χ1v) is 6.73. The number of amides is 3. The maximum atomic E-state index is 13.5. The van der Waals surface area contributed by atoms with Crippen LogP contribution in [-0.4, -0.2) is 17.7 Å². The minimum Gasteiger partial charge on any atom is -0.315 e. The molecule has 2 N–H and O–H groups in total. The van der Waals surface area contributed by atoms with E-state index in [-0.39, 0.29) is 10.7 Å². The Morgan fingerprint density at radius 2 is 1.50 bits per heavy atom. The first-order chi connectivity index (χ1) is 11.3. The van der Waals surface area contributed by atoms with Crippen molar-refractivity contribution >= 4 is 35.0 Å². The van der Waals surface area contributed by atoms with Crippen LogP contribution in [0.15, 0.2) is 36.4 Å². The lowest BCUT2D eigenvalue weighted by Gasteiger charge is -2.08. The summed E-state index contributed by atoms with van der Waals surface area (Å²) in [6.07, 6.45) is 0. The summed E-state index contributed by atoms with van der Waals surface area (Å²) in [6.45, 7) is 0. The van der Waals surface area contributed by atoms with Crippen LogP contribution >= 0.6 is 11.6 Å². The van der Waals surface area contributed by atoms with Gasteiger partial charge < -0.3 is 5.32 Å². The van der Waals surface area contributed by atoms with E-state index in [0.717, 1.165) is 30.3 Å². The zero-order chi connectivity index (χ0) is 17.9. The number of imide groups is 1. The molecular formula is C15H8ClF3N2O3. The molecule has 0 spiro atoms. The van der Waals surface area contributed by atoms with E-state index < -0.39 is 40.7 Å². The Labute approximate surface area is 138 Å². The van der Waals surface area contributed by atoms with Crippen molar-refractivity contribution in [3.05, 3.63) is 64.4 Å². The van der Waals surface area contributed by atoms with E-state index in [1.807, 2.05) is 5.32 Å². The SMILES string of the molecule is O=C(NC(=O)c1c(F)cccc1F)C(=O)Nc1ccc(Cl)cc1F. The van der Waals surface area contributed by atoms with Gasteiger partial charge >= 0.3 is 11.8 Å². The van der Waals surface area contributed by atoms with Crippen LogP contribution < -0.4 is 10.6 Å². The molecule has 24 heavy (non-hydrogen) atoms. The number of hydrogen-bond acceptors (Lipinski definition) is 3. The van der Waals surface area contributed by atoms with E-state index in [4.69, 9.17) is 11.6 Å². The van der Waals surface area contributed by atoms with Gasteiger partial charge in [-0.15, -0.1) is 0 Å². The van der Waals surface area contributed by atoms with Crippen molar-refractivity contribution in [2.75, 3.05) is 5.32 Å². The number of hydrogen-bond donors (Lipinski definition) is 2. The van der Waals surface area contributed by atoms with E-state index >= 15 is 0 Å². The molecule has 0 atom stereocenters. The van der Waals surface area contributed by atoms with Crippen molar-refractivity contribution in [1.29, 1.82) is 0 Å². The highest BCUT2D eigenvalue weighted by Crippen LogP contribution is 2.18. The van der Waals surface area contributed by atoms with E-state index in [2.05, 4.69) is 0 Å². The van der Waals surface area contributed by atoms with E-state index in [0.29, 0.717) is 0 Å². The van der Waals surface area contributed by atoms with Gasteiger partial charge in [0, 0.05) is 5.02 Å². The van der Waals surface area contributed by atoms with E-state index in [1.54, 1.807) is 0 Å². The number of nitrogens with one attached hydrogen (secondary N) is 2. The molecule has 0 saturated carbocycles. The summed E-state index contributed by atoms with van der Waals surface area (Å²) in [4.78, 5) is 34.9. The molecule has 2 rings (SSSR count). The summed E-state index contributed by atoms with van der Waals surface area (Å²) in [5.41, 5.74) is -1.37. The molecule has 2 aromatic rings. The monoisotopic (exact) mass is 356 g/mol. The Bertz CT molecular complexity index is 822. The van der Waals surface area contributed by atoms with Crippen LogP contribution in [0.4, 0.5) is 18.9 Å². The van der Waals surface area contributed by atoms with Crippen molar-refractivity contribution in [2.24, 2.45) is 0 Å². The fourth-order valence-electron chi connectivity index (χ4n) is 1.71. The molecule has 0 aliphatic heterocycles. The summed E-state index contributed by atoms with van der Waals surface area (Å²) in [7, 11) is 0. The number of anilines is 1. The smallest absolute Gasteiger partial charge is 0.315 e. The summed E-state index contributed by atoms with van der Waals surface area (Å²) < 4.78 is 40.3. The minimum absolute atomic E-state index is 0.0696. The molecule has 0 radical (unpaired) electrons. The van der Waals surface area contributed by atoms with Crippen molar-refractivity contribution in [2.45, 2.75) is 0 Å². The molecule has 0 bridgehead atoms. The normalized spacial score (nSPS) is 10.2. The van der Waals surface area contributed by atoms with Crippen molar-refractivity contribution < 1.29 is 27.6 Å². The van der Waals surface area contributed by atoms with Crippen molar-refractivity contribution in [3.63, 3.8) is 0 Å². The third kappa shape index (κ3) is 3.90. The summed E-state index contributed by atoms with van der Waals surface area (Å²) in [6, 6.07) is 5.91. The Balaban J connectivity index is 2.09. The molecule has 0 fully saturated rings. The zero-order valence-corrected chi connectivity index (χ0v) is 12.5. The van der Waals surface area contributed by atoms with E-state index in [1.165, 1.54) is 11.4 Å². The zero-order valence-electron chi connectivity index (χ0n) is 11.7. The minimum atomic E-state index is -1.52. The van der Waals surface area contributed by atoms with Gasteiger partial charge in [-0.05, 0) is 30.3 Å². The number of carbonyl (C=O) groups excluding carboxylic acids is 3. The van der Waals surface area contributed by atoms with Gasteiger partial charge in [0.05, 0.1) is 5.69 Å². The second kappa shape index (κ2) is 7.14. The molecule has 0 aliphatic rings. The second-order valence-corrected chi connectivity index (χ2v) is 4.89. The van der Waals surface area contributed by atoms with Crippen LogP contribution in [0.5, 0.6) is 0 Å². The number of carbonyl (C=O) groups is 3. The molecule has 0 saturated heterocycles. The van der Waals surface area contributed by atoms with Gasteiger partial charge in [0.15, 0.2) is 0 Å². The lowest BCUT2D eigenvalue weighted by Crippen LogP contribution is -2.40. The van der Waals surface area contributed by atoms with E-state index in [9.17, 15) is 27.6 Å². The number of halogens is 4. The molecule has 5 nitrogen and oxygen atoms in total. The predicted molar refractivity (Wildman–Crippen MR) is 78.9 cm³/mol. The lowest BCUT2D eigenvalue weighted by atomic mass is 10.2. The largest absolute Gasteiger partial charge is 0.316 e. The fraction of sp³-hybridized carbons (Fsp3) is 0. The molecule has 0 aliphatic carbocycles. The Kier molecular flexibility index (Phi) is 5.20. The Morgan fingerprint density at radius 3 is 2.08 bits per heavy atom. The van der Waals surface area contributed by atoms with Gasteiger partial charge in [-0.25, -0.2) is 13.2 Å². The van der Waals surface area contributed by atoms with Gasteiger partial charge in [-0.2, -0.15) is 0 Å². The van der Waals surface area contributed by atoms with Crippen molar-refractivity contribution in [1.82, 2.24) is 5.32 Å². The molecule has 2 aromatic carbocycles. The van der Waals surface area contributed by atoms with Gasteiger partial charge in [0.2, 0.25) is 0 Å². The maximum absolute atomic E-state index is 13.5. The van der Waals surface area contributed by atoms with Crippen LogP contribution in [0.1, 0.15) is 10.4 Å². The second-order valence-electron chi connectivity index (χ2n) is 4.46. The third-order valence-electron chi connectivity index (χ3n) is 2.80. The van der Waals surface area contributed by atoms with Gasteiger partial charge in [-0.1, -0.05) is 17.7 Å². The number of rotatable bonds is 2. The number of benzene rings is 2. The highest BCUT2D eigenvalue weighted by Gasteiger charge is 2.23. The molecule has 0 unspecified atom stereocenters. The van der Waals surface area contributed by atoms with Crippen LogP contribution in [-0.2, 0) is 9.59 Å². The maximum Gasteiger partial charge on any atom is 0.316 e. The average molecular weight is 357 g/mol. The molecule has 9 heteroatoms. The molecule has 0 aromatic heterocycles. The van der Waals surface area contributed by atoms with Crippen LogP contribution in [0.2, 0.25) is 5.02 Å². The quantitative estimate of drug-likeness (QED) is 0.812. The van der Waals surface area contributed by atoms with Crippen LogP contribution in [0.25, 0.3) is 0 Å². The summed E-state index contributed by atoms with van der Waals surface area (Å²) in [5, 5.41) is 3.48. The Hall–Kier alpha value is -2.87. The Morgan fingerprint density at radius 1 is 0.875 bits per heavy atom. The molecule has 124 valence electrons. The first kappa shape index (κ1) is 17.5. The highest BCUT2D eigenvalue weighted by molar-refractivity contribution is 6.42. The highest BCUT2D eigenvalue weighted by atomic mass is 35.5. The lowest BCUT2D eigenvalue weighted by molar-refractivity contribution is -0.135. The van der Waals surface area contributed by atoms with Gasteiger partial charge in [0.1, 0.15) is 23.0 Å². The van der Waals surface area contributed by atoms with Crippen molar-refractivity contribution in [3.8, 4) is 0 Å². The average Bonchev–Trinajstić information content (AvgIpc) is 2.49. The molecular weight excluding hydrogens is 349 g/mol. The standard InChI is InChI=1S/C15H8ClF3N2O3/c16-7-4-5-11(10(19)6-7)20-14(23)15(24)21-13(22)12-8(17)2-1-3-9(12)18/h1-6H,(H,20,23)(H,21,22,24). The third-order valence-corrected chi connectivity index (χ3v) is 3.04. The fourth-order valence-corrected chi connectivity index (χ4v) is 1.87. The van der Waals surface area contributed by atoms with Gasteiger partial charge in [-0.3, -0.25) is 19.7 Å². The topological polar surface area (TPSA) is 75.3 Å².